The van der Waals surface area contributed by atoms with Crippen molar-refractivity contribution in [1.29, 1.82) is 0 Å². The topological polar surface area (TPSA) is 64.3 Å². The summed E-state index contributed by atoms with van der Waals surface area (Å²) in [5, 5.41) is 13.6. The highest BCUT2D eigenvalue weighted by Gasteiger charge is 2.26. The number of ether oxygens (including phenoxy) is 1. The van der Waals surface area contributed by atoms with E-state index in [1.165, 1.54) is 17.5 Å². The second-order valence-electron chi connectivity index (χ2n) is 5.60. The van der Waals surface area contributed by atoms with Gasteiger partial charge >= 0.3 is 5.97 Å². The average Bonchev–Trinajstić information content (AvgIpc) is 3.10. The van der Waals surface area contributed by atoms with Crippen LogP contribution in [0.3, 0.4) is 0 Å². The maximum absolute atomic E-state index is 11.4. The van der Waals surface area contributed by atoms with Crippen LogP contribution in [-0.2, 0) is 30.6 Å². The number of carbonyl (C=O) groups is 1. The van der Waals surface area contributed by atoms with Gasteiger partial charge in [-0.3, -0.25) is 0 Å². The Bertz CT molecular complexity index is 733. The monoisotopic (exact) mass is 284 g/mol. The third-order valence-corrected chi connectivity index (χ3v) is 4.35. The average molecular weight is 284 g/mol. The van der Waals surface area contributed by atoms with Crippen molar-refractivity contribution in [3.63, 3.8) is 0 Å². The van der Waals surface area contributed by atoms with Crippen LogP contribution in [0.5, 0.6) is 0 Å². The number of hydrogen-bond acceptors (Lipinski definition) is 3. The van der Waals surface area contributed by atoms with Crippen LogP contribution in [0.25, 0.3) is 5.69 Å². The lowest BCUT2D eigenvalue weighted by Crippen LogP contribution is -2.13. The molecule has 0 amide bonds. The summed E-state index contributed by atoms with van der Waals surface area (Å²) in [4.78, 5) is 11.4. The van der Waals surface area contributed by atoms with Crippen LogP contribution in [-0.4, -0.2) is 27.5 Å². The van der Waals surface area contributed by atoms with Gasteiger partial charge in [-0.15, -0.1) is 0 Å². The Hall–Kier alpha value is -2.14. The van der Waals surface area contributed by atoms with Crippen molar-refractivity contribution in [2.24, 2.45) is 0 Å². The Kier molecular flexibility index (Phi) is 2.82. The largest absolute Gasteiger partial charge is 0.476 e. The van der Waals surface area contributed by atoms with Crippen molar-refractivity contribution in [3.8, 4) is 5.69 Å². The molecule has 21 heavy (non-hydrogen) atoms. The van der Waals surface area contributed by atoms with Crippen LogP contribution in [0.2, 0.25) is 0 Å². The quantitative estimate of drug-likeness (QED) is 0.917. The molecule has 0 unspecified atom stereocenters. The standard InChI is InChI=1S/C16H16N2O3/c19-16(20)15-13-9-21-7-6-14(13)18(17-15)12-5-4-10-2-1-3-11(10)8-12/h4-5,8H,1-3,6-7,9H2,(H,19,20). The van der Waals surface area contributed by atoms with Crippen LogP contribution in [0, 0.1) is 0 Å². The maximum atomic E-state index is 11.4. The number of benzene rings is 1. The molecule has 4 rings (SSSR count). The highest BCUT2D eigenvalue weighted by Crippen LogP contribution is 2.28. The first-order chi connectivity index (χ1) is 10.2. The van der Waals surface area contributed by atoms with Gasteiger partial charge in [-0.05, 0) is 42.5 Å². The summed E-state index contributed by atoms with van der Waals surface area (Å²) >= 11 is 0. The van der Waals surface area contributed by atoms with Crippen molar-refractivity contribution in [3.05, 3.63) is 46.3 Å². The highest BCUT2D eigenvalue weighted by atomic mass is 16.5. The number of aromatic nitrogens is 2. The summed E-state index contributed by atoms with van der Waals surface area (Å²) in [5.74, 6) is -0.989. The van der Waals surface area contributed by atoms with Gasteiger partial charge in [0.1, 0.15) is 0 Å². The first-order valence-electron chi connectivity index (χ1n) is 7.28. The fourth-order valence-corrected chi connectivity index (χ4v) is 3.31. The Morgan fingerprint density at radius 3 is 2.95 bits per heavy atom. The summed E-state index contributed by atoms with van der Waals surface area (Å²) in [6.45, 7) is 0.949. The van der Waals surface area contributed by atoms with E-state index in [0.29, 0.717) is 25.2 Å². The van der Waals surface area contributed by atoms with Crippen molar-refractivity contribution in [2.75, 3.05) is 6.61 Å². The smallest absolute Gasteiger partial charge is 0.356 e. The molecular weight excluding hydrogens is 268 g/mol. The molecule has 0 atom stereocenters. The molecular formula is C16H16N2O3. The van der Waals surface area contributed by atoms with Crippen molar-refractivity contribution >= 4 is 5.97 Å². The lowest BCUT2D eigenvalue weighted by atomic mass is 10.1. The van der Waals surface area contributed by atoms with Gasteiger partial charge in [0, 0.05) is 12.0 Å². The maximum Gasteiger partial charge on any atom is 0.356 e. The predicted molar refractivity (Wildman–Crippen MR) is 75.9 cm³/mol. The predicted octanol–water partition coefficient (Wildman–Crippen LogP) is 2.13. The Morgan fingerprint density at radius 2 is 2.10 bits per heavy atom. The van der Waals surface area contributed by atoms with Gasteiger partial charge < -0.3 is 9.84 Å². The molecule has 5 heteroatoms. The van der Waals surface area contributed by atoms with Crippen molar-refractivity contribution < 1.29 is 14.6 Å². The van der Waals surface area contributed by atoms with Crippen LogP contribution < -0.4 is 0 Å². The van der Waals surface area contributed by atoms with E-state index >= 15 is 0 Å². The van der Waals surface area contributed by atoms with Crippen LogP contribution in [0.1, 0.15) is 39.3 Å². The molecule has 0 fully saturated rings. The molecule has 1 aliphatic heterocycles. The normalized spacial score (nSPS) is 16.6. The van der Waals surface area contributed by atoms with E-state index in [1.54, 1.807) is 4.68 Å². The number of rotatable bonds is 2. The number of hydrogen-bond donors (Lipinski definition) is 1. The number of carboxylic acids is 1. The zero-order valence-corrected chi connectivity index (χ0v) is 11.6. The van der Waals surface area contributed by atoms with E-state index in [9.17, 15) is 9.90 Å². The first kappa shape index (κ1) is 12.6. The van der Waals surface area contributed by atoms with E-state index in [2.05, 4.69) is 17.2 Å². The summed E-state index contributed by atoms with van der Waals surface area (Å²) in [6, 6.07) is 6.33. The molecule has 2 aromatic rings. The van der Waals surface area contributed by atoms with Gasteiger partial charge in [0.25, 0.3) is 0 Å². The molecule has 0 saturated carbocycles. The Labute approximate surface area is 122 Å². The number of fused-ring (bicyclic) bond motifs is 2. The molecule has 2 heterocycles. The molecule has 1 aromatic carbocycles. The first-order valence-corrected chi connectivity index (χ1v) is 7.28. The second kappa shape index (κ2) is 4.70. The molecule has 5 nitrogen and oxygen atoms in total. The second-order valence-corrected chi connectivity index (χ2v) is 5.60. The minimum absolute atomic E-state index is 0.116. The Morgan fingerprint density at radius 1 is 1.24 bits per heavy atom. The summed E-state index contributed by atoms with van der Waals surface area (Å²) in [7, 11) is 0. The lowest BCUT2D eigenvalue weighted by molar-refractivity contribution is 0.0677. The zero-order chi connectivity index (χ0) is 14.4. The SMILES string of the molecule is O=C(O)c1nn(-c2ccc3c(c2)CCC3)c2c1COCC2. The molecule has 1 aliphatic carbocycles. The van der Waals surface area contributed by atoms with Gasteiger partial charge in [-0.25, -0.2) is 9.48 Å². The van der Waals surface area contributed by atoms with Gasteiger partial charge in [0.15, 0.2) is 5.69 Å². The van der Waals surface area contributed by atoms with E-state index in [4.69, 9.17) is 4.74 Å². The van der Waals surface area contributed by atoms with Crippen LogP contribution in [0.4, 0.5) is 0 Å². The fraction of sp³-hybridized carbons (Fsp3) is 0.375. The van der Waals surface area contributed by atoms with Crippen molar-refractivity contribution in [1.82, 2.24) is 9.78 Å². The minimum atomic E-state index is -0.989. The van der Waals surface area contributed by atoms with Gasteiger partial charge in [-0.1, -0.05) is 6.07 Å². The molecule has 0 bridgehead atoms. The molecule has 1 N–H and O–H groups in total. The minimum Gasteiger partial charge on any atom is -0.476 e. The Balaban J connectivity index is 1.86. The van der Waals surface area contributed by atoms with Gasteiger partial charge in [-0.2, -0.15) is 5.10 Å². The number of nitrogens with zero attached hydrogens (tertiary/aromatic N) is 2. The summed E-state index contributed by atoms with van der Waals surface area (Å²) < 4.78 is 7.18. The molecule has 0 spiro atoms. The number of aryl methyl sites for hydroxylation is 2. The van der Waals surface area contributed by atoms with E-state index in [-0.39, 0.29) is 5.69 Å². The van der Waals surface area contributed by atoms with Crippen molar-refractivity contribution in [2.45, 2.75) is 32.3 Å². The van der Waals surface area contributed by atoms with E-state index in [1.807, 2.05) is 6.07 Å². The van der Waals surface area contributed by atoms with E-state index < -0.39 is 5.97 Å². The molecule has 0 radical (unpaired) electrons. The molecule has 0 saturated heterocycles. The zero-order valence-electron chi connectivity index (χ0n) is 11.6. The number of carboxylic acid groups (broad SMARTS) is 1. The molecule has 108 valence electrons. The van der Waals surface area contributed by atoms with Gasteiger partial charge in [0.05, 0.1) is 24.6 Å². The number of aromatic carboxylic acids is 1. The molecule has 1 aromatic heterocycles. The van der Waals surface area contributed by atoms with Crippen LogP contribution in [0.15, 0.2) is 18.2 Å². The van der Waals surface area contributed by atoms with Crippen LogP contribution >= 0.6 is 0 Å². The summed E-state index contributed by atoms with van der Waals surface area (Å²) in [6.07, 6.45) is 4.14. The summed E-state index contributed by atoms with van der Waals surface area (Å²) in [5.41, 5.74) is 5.53. The lowest BCUT2D eigenvalue weighted by Gasteiger charge is -2.15. The highest BCUT2D eigenvalue weighted by molar-refractivity contribution is 5.87. The third-order valence-electron chi connectivity index (χ3n) is 4.35. The van der Waals surface area contributed by atoms with E-state index in [0.717, 1.165) is 24.2 Å². The van der Waals surface area contributed by atoms with Gasteiger partial charge in [0.2, 0.25) is 0 Å². The fourth-order valence-electron chi connectivity index (χ4n) is 3.31. The third kappa shape index (κ3) is 1.96. The molecule has 2 aliphatic rings.